The predicted octanol–water partition coefficient (Wildman–Crippen LogP) is 68.7. The molecular weight excluding hydrogens is 9580 g/mol. The molecular formula is C53H59F6I68N11O3. The number of anilines is 6. The van der Waals surface area contributed by atoms with Crippen molar-refractivity contribution >= 4 is 959 Å². The Balaban J connectivity index is 0.000000349. The molecule has 0 unspecified atom stereocenters. The number of alkyl halides is 6. The molecule has 0 bridgehead atoms. The first-order chi connectivity index (χ1) is 65.8. The SMILES string of the molecule is CN1CCN(c2cccc(Nc3ncc(C(F)(F)F)c(CCc4ccccc4CC(=O)O)n3)c2)CC1.CNC(=O)Cc1ccccc1CCc1nc(Nc2cccc(N3CCN(C)CC3)c2)ncc1C(F)(F)F.II(I)I(I)I(I)I(I)I(I)I(I)I(I)I(I)I(I)I(I)I(I)I(I)I(I)I(I)I(I)I(I)I(I)I(I)I(I)I(I)I(I)I(I)I(I)I(I)I(I)I(I)I(I)I(I)I(I)I(I)I(I)I(I)I(I)I. The molecule has 88 heteroatoms. The van der Waals surface area contributed by atoms with Crippen LogP contribution in [-0.2, 0) is 60.5 Å². The van der Waals surface area contributed by atoms with Gasteiger partial charge in [-0.2, -0.15) is 26.3 Å². The Bertz CT molecular complexity index is 4700. The van der Waals surface area contributed by atoms with E-state index in [2.05, 4.69) is 721 Å². The number of hydrogen-bond donors (Lipinski definition) is 4. The van der Waals surface area contributed by atoms with E-state index < -0.39 is 290 Å². The second-order valence-electron chi connectivity index (χ2n) is 23.3. The van der Waals surface area contributed by atoms with Gasteiger partial charge in [0.1, 0.15) is 0 Å². The summed E-state index contributed by atoms with van der Waals surface area (Å²) in [6.45, 7) is 7.45. The number of nitrogens with zero attached hydrogens (tertiary/aromatic N) is 8. The van der Waals surface area contributed by atoms with Crippen LogP contribution in [-0.4, -0.2) is 120 Å². The van der Waals surface area contributed by atoms with Crippen molar-refractivity contribution in [1.82, 2.24) is 35.1 Å². The Morgan fingerprint density at radius 1 is 0.319 bits per heavy atom. The quantitative estimate of drug-likeness (QED) is 0.0212. The molecule has 2 aromatic heterocycles. The van der Waals surface area contributed by atoms with Crippen molar-refractivity contribution in [3.05, 3.63) is 154 Å². The van der Waals surface area contributed by atoms with Crippen molar-refractivity contribution in [3.63, 3.8) is 0 Å². The maximum atomic E-state index is 13.8. The van der Waals surface area contributed by atoms with Gasteiger partial charge in [0.2, 0.25) is 17.8 Å². The number of aliphatic carboxylic acids is 1. The Kier molecular flexibility index (Phi) is 115. The number of piperazine rings is 2. The van der Waals surface area contributed by atoms with Crippen LogP contribution in [0.3, 0.4) is 0 Å². The van der Waals surface area contributed by atoms with E-state index in [0.29, 0.717) is 28.9 Å². The fourth-order valence-electron chi connectivity index (χ4n) is 9.59. The van der Waals surface area contributed by atoms with E-state index in [-0.39, 0.29) is 61.3 Å². The standard InChI is InChI=1S/C27H31F3N6O.C26H28F3N5O2.I68/c1-31-25(37)16-20-7-4-3-6-19(20)10-11-24-23(27(28,29)30)18-32-26(34-24)33-21-8-5-9-22(17-21)36-14-12-35(2)13-15-36;1-33-11-13-34(14-12-33)21-8-4-7-20(16-21)31-25-30-17-22(26(27,28)29)23(32-25)10-9-18-5-2-3-6-19(18)15-24(35)36;1-36(2)38(5)40(7)42(9)44(11)46(13)48(15)50(17)52(19)54(21)56(23)58(25)60(27)62(29)64(31)66(33)68(35)67(34)65(32)63(30)61(28)59(26)57(24)55(22)53(20)51(18)49(16)47(14)45(12)43(10)41(8)39(6)37(3)4/h3-9,17-18H,10-16H2,1-2H3,(H,31,37)(H,32,33,34);2-8,16-17H,9-15H2,1H3,(H,35,36)(H,30,31,32);. The van der Waals surface area contributed by atoms with E-state index in [1.54, 1.807) is 31.3 Å². The molecule has 1 amide bonds. The van der Waals surface area contributed by atoms with Crippen LogP contribution in [0.15, 0.2) is 109 Å². The number of hydrogen-bond acceptors (Lipinski definition) is 12. The van der Waals surface area contributed by atoms with Crippen molar-refractivity contribution in [2.45, 2.75) is 50.9 Å². The topological polar surface area (TPSA) is 155 Å². The summed E-state index contributed by atoms with van der Waals surface area (Å²) in [4.78, 5) is 48.5. The zero-order valence-electron chi connectivity index (χ0n) is 66.6. The van der Waals surface area contributed by atoms with E-state index in [0.717, 1.165) is 87.3 Å². The summed E-state index contributed by atoms with van der Waals surface area (Å²) in [5, 5.41) is 17.8. The number of benzene rings is 4. The van der Waals surface area contributed by atoms with Gasteiger partial charge in [-0.1, -0.05) is 60.7 Å². The summed E-state index contributed by atoms with van der Waals surface area (Å²) >= 11 is 116. The Morgan fingerprint density at radius 3 is 0.766 bits per heavy atom. The number of carboxylic acids is 1. The van der Waals surface area contributed by atoms with Crippen LogP contribution in [0.25, 0.3) is 0 Å². The minimum absolute atomic E-state index is 0.00991. The van der Waals surface area contributed by atoms with E-state index in [9.17, 15) is 35.9 Å². The molecule has 0 spiro atoms. The molecule has 0 atom stereocenters. The molecule has 2 saturated heterocycles. The molecule has 2 fully saturated rings. The molecule has 2 aliphatic rings. The number of amides is 1. The molecule has 141 heavy (non-hydrogen) atoms. The third kappa shape index (κ3) is 63.2. The van der Waals surface area contributed by atoms with Crippen LogP contribution in [0.2, 0.25) is 0 Å². The molecule has 0 saturated carbocycles. The first-order valence-electron chi connectivity index (χ1n) is 33.5. The number of carbonyl (C=O) groups excluding carboxylic acids is 1. The number of rotatable bonds is 48. The summed E-state index contributed by atoms with van der Waals surface area (Å²) < 4.78 is 82.3. The number of aryl methyl sites for hydroxylation is 4. The van der Waals surface area contributed by atoms with Gasteiger partial charge in [0.15, 0.2) is 0 Å². The maximum absolute atomic E-state index is 13.8. The van der Waals surface area contributed by atoms with E-state index >= 15 is 0 Å². The summed E-state index contributed by atoms with van der Waals surface area (Å²) in [6.07, 6.45) is -6.98. The van der Waals surface area contributed by atoms with Gasteiger partial charge in [0.25, 0.3) is 0 Å². The van der Waals surface area contributed by atoms with Gasteiger partial charge in [-0.15, -0.1) is 0 Å². The molecule has 4 heterocycles. The Hall–Kier alpha value is 42.3. The first kappa shape index (κ1) is 172. The fraction of sp³-hybridized carbons (Fsp3) is 0.358. The Morgan fingerprint density at radius 2 is 0.546 bits per heavy atom. The van der Waals surface area contributed by atoms with Crippen LogP contribution < -0.4 is 25.8 Å². The number of aromatic nitrogens is 4. The third-order valence-electron chi connectivity index (χ3n) is 15.4. The summed E-state index contributed by atoms with van der Waals surface area (Å²) in [6, 6.07) is 29.5. The van der Waals surface area contributed by atoms with Crippen LogP contribution >= 0.6 is 912 Å². The zero-order valence-corrected chi connectivity index (χ0v) is 213. The number of carboxylic acid groups (broad SMARTS) is 1. The van der Waals surface area contributed by atoms with Gasteiger partial charge < -0.3 is 40.7 Å². The van der Waals surface area contributed by atoms with Crippen LogP contribution in [0.5, 0.6) is 0 Å². The first-order valence-corrected chi connectivity index (χ1v) is 455. The van der Waals surface area contributed by atoms with Crippen molar-refractivity contribution in [2.24, 2.45) is 0 Å². The molecule has 0 radical (unpaired) electrons. The van der Waals surface area contributed by atoms with E-state index in [1.165, 1.54) is 0 Å². The number of halogens is 74. The van der Waals surface area contributed by atoms with E-state index in [1.807, 2.05) is 72.8 Å². The summed E-state index contributed by atoms with van der Waals surface area (Å²) in [7, 11) is -13.2. The van der Waals surface area contributed by atoms with Crippen LogP contribution in [0, 0.1) is 0 Å². The molecule has 2 aliphatic heterocycles. The van der Waals surface area contributed by atoms with E-state index in [4.69, 9.17) is 5.11 Å². The van der Waals surface area contributed by atoms with Crippen LogP contribution in [0.1, 0.15) is 44.8 Å². The second kappa shape index (κ2) is 94.2. The molecule has 14 nitrogen and oxygen atoms in total. The average molecular weight is 9640 g/mol. The van der Waals surface area contributed by atoms with Crippen LogP contribution in [0.4, 0.5) is 61.0 Å². The second-order valence-corrected chi connectivity index (χ2v) is 1630. The molecule has 862 valence electrons. The predicted molar refractivity (Wildman–Crippen MR) is 1220 cm³/mol. The van der Waals surface area contributed by atoms with Gasteiger partial charge in [-0.05, 0) is 98.4 Å². The minimum atomic E-state index is -4.60. The number of nitrogens with one attached hydrogen (secondary N) is 3. The monoisotopic (exact) mass is 9640 g/mol. The average Bonchev–Trinajstić information content (AvgIpc) is 0.814. The van der Waals surface area contributed by atoms with Crippen molar-refractivity contribution in [1.29, 1.82) is 0 Å². The van der Waals surface area contributed by atoms with Gasteiger partial charge in [0, 0.05) is 94.5 Å². The molecule has 8 rings (SSSR count). The van der Waals surface area contributed by atoms with Crippen molar-refractivity contribution < 1.29 is 41.0 Å². The number of likely N-dealkylation sites (N-methyl/N-ethyl adjacent to an activating group) is 3. The van der Waals surface area contributed by atoms with Gasteiger partial charge in [0.05, 0.1) is 35.4 Å². The molecule has 0 aliphatic carbocycles. The van der Waals surface area contributed by atoms with Gasteiger partial charge in [-0.25, -0.2) is 19.9 Å². The molecule has 4 N–H and O–H groups in total. The normalized spacial score (nSPS) is 16.7. The molecule has 4 aromatic carbocycles. The van der Waals surface area contributed by atoms with Crippen molar-refractivity contribution in [3.8, 4) is 0 Å². The van der Waals surface area contributed by atoms with Crippen molar-refractivity contribution in [2.75, 3.05) is 93.9 Å². The van der Waals surface area contributed by atoms with Gasteiger partial charge >= 0.3 is 930 Å². The third-order valence-corrected chi connectivity index (χ3v) is 5300. The summed E-state index contributed by atoms with van der Waals surface area (Å²) in [5.41, 5.74) is 4.33. The Labute approximate surface area is 1280 Å². The summed E-state index contributed by atoms with van der Waals surface area (Å²) in [5.74, 6) is -0.967. The van der Waals surface area contributed by atoms with Gasteiger partial charge in [-0.3, -0.25) is 9.59 Å². The number of carbonyl (C=O) groups is 2. The molecule has 6 aromatic rings. The zero-order chi connectivity index (χ0) is 106. The fourth-order valence-corrected chi connectivity index (χ4v) is 13000.